The minimum Gasteiger partial charge on any atom is -0.371 e. The van der Waals surface area contributed by atoms with Crippen LogP contribution in [0.1, 0.15) is 6.42 Å². The number of fused-ring (bicyclic) bond motifs is 2. The van der Waals surface area contributed by atoms with Gasteiger partial charge in [-0.2, -0.15) is 0 Å². The van der Waals surface area contributed by atoms with E-state index < -0.39 is 0 Å². The smallest absolute Gasteiger partial charge is 0.146 e. The molecule has 0 spiro atoms. The highest BCUT2D eigenvalue weighted by molar-refractivity contribution is 7.23. The molecule has 0 saturated carbocycles. The summed E-state index contributed by atoms with van der Waals surface area (Å²) in [6.07, 6.45) is 7.54. The fraction of sp³-hybridized carbons (Fsp3) is 0.357. The monoisotopic (exact) mass is 291 g/mol. The SMILES string of the molecule is Clc1cc2ccnc(N3CCN4C=CCC4C3)c2s1. The average Bonchev–Trinajstić information content (AvgIpc) is 3.01. The number of halogens is 1. The van der Waals surface area contributed by atoms with E-state index in [0.29, 0.717) is 6.04 Å². The summed E-state index contributed by atoms with van der Waals surface area (Å²) in [5, 5.41) is 1.20. The van der Waals surface area contributed by atoms with Gasteiger partial charge in [0.1, 0.15) is 5.82 Å². The Hall–Kier alpha value is -1.26. The molecule has 0 bridgehead atoms. The molecule has 2 aliphatic heterocycles. The summed E-state index contributed by atoms with van der Waals surface area (Å²) in [5.41, 5.74) is 0. The topological polar surface area (TPSA) is 19.4 Å². The third-order valence-electron chi connectivity index (χ3n) is 3.92. The molecule has 19 heavy (non-hydrogen) atoms. The second-order valence-corrected chi connectivity index (χ2v) is 6.75. The lowest BCUT2D eigenvalue weighted by Gasteiger charge is -2.39. The van der Waals surface area contributed by atoms with Crippen molar-refractivity contribution in [2.75, 3.05) is 24.5 Å². The zero-order valence-corrected chi connectivity index (χ0v) is 12.0. The van der Waals surface area contributed by atoms with Crippen molar-refractivity contribution in [3.63, 3.8) is 0 Å². The van der Waals surface area contributed by atoms with E-state index in [1.165, 1.54) is 10.1 Å². The number of piperazine rings is 1. The van der Waals surface area contributed by atoms with Gasteiger partial charge in [-0.3, -0.25) is 0 Å². The lowest BCUT2D eigenvalue weighted by molar-refractivity contribution is 0.270. The lowest BCUT2D eigenvalue weighted by atomic mass is 10.1. The fourth-order valence-corrected chi connectivity index (χ4v) is 4.21. The van der Waals surface area contributed by atoms with Crippen molar-refractivity contribution in [2.24, 2.45) is 0 Å². The second-order valence-electron chi connectivity index (χ2n) is 5.06. The number of hydrogen-bond donors (Lipinski definition) is 0. The van der Waals surface area contributed by atoms with Gasteiger partial charge < -0.3 is 9.80 Å². The summed E-state index contributed by atoms with van der Waals surface area (Å²) in [6, 6.07) is 4.68. The quantitative estimate of drug-likeness (QED) is 0.803. The van der Waals surface area contributed by atoms with Gasteiger partial charge in [0.15, 0.2) is 0 Å². The summed E-state index contributed by atoms with van der Waals surface area (Å²) in [5.74, 6) is 1.10. The van der Waals surface area contributed by atoms with Crippen LogP contribution in [-0.4, -0.2) is 35.6 Å². The maximum atomic E-state index is 6.14. The van der Waals surface area contributed by atoms with Crippen molar-refractivity contribution in [3.8, 4) is 0 Å². The number of anilines is 1. The zero-order chi connectivity index (χ0) is 12.8. The standard InChI is InChI=1S/C14H14ClN3S/c15-12-8-10-3-4-16-14(13(10)19-12)18-7-6-17-5-1-2-11(17)9-18/h1,3-5,8,11H,2,6-7,9H2. The summed E-state index contributed by atoms with van der Waals surface area (Å²) < 4.78 is 2.05. The Bertz CT molecular complexity index is 651. The maximum Gasteiger partial charge on any atom is 0.146 e. The van der Waals surface area contributed by atoms with Crippen molar-refractivity contribution in [1.29, 1.82) is 0 Å². The van der Waals surface area contributed by atoms with Crippen molar-refractivity contribution < 1.29 is 0 Å². The van der Waals surface area contributed by atoms with E-state index in [4.69, 9.17) is 11.6 Å². The lowest BCUT2D eigenvalue weighted by Crippen LogP contribution is -2.49. The molecule has 1 saturated heterocycles. The Morgan fingerprint density at radius 3 is 3.26 bits per heavy atom. The van der Waals surface area contributed by atoms with Crippen LogP contribution in [-0.2, 0) is 0 Å². The van der Waals surface area contributed by atoms with Crippen LogP contribution in [0.3, 0.4) is 0 Å². The highest BCUT2D eigenvalue weighted by Gasteiger charge is 2.28. The number of pyridine rings is 1. The first kappa shape index (κ1) is 11.6. The number of thiophene rings is 1. The number of nitrogens with zero attached hydrogens (tertiary/aromatic N) is 3. The summed E-state index contributed by atoms with van der Waals surface area (Å²) in [7, 11) is 0. The van der Waals surface area contributed by atoms with Gasteiger partial charge in [0.25, 0.3) is 0 Å². The molecule has 2 aromatic heterocycles. The Balaban J connectivity index is 1.70. The van der Waals surface area contributed by atoms with Gasteiger partial charge in [-0.25, -0.2) is 4.98 Å². The van der Waals surface area contributed by atoms with Crippen LogP contribution in [0.15, 0.2) is 30.6 Å². The molecule has 0 aromatic carbocycles. The van der Waals surface area contributed by atoms with Gasteiger partial charge in [0.05, 0.1) is 9.04 Å². The molecule has 4 rings (SSSR count). The predicted molar refractivity (Wildman–Crippen MR) is 81.1 cm³/mol. The Labute approximate surface area is 121 Å². The molecule has 0 radical (unpaired) electrons. The van der Waals surface area contributed by atoms with E-state index in [2.05, 4.69) is 27.1 Å². The Kier molecular flexibility index (Phi) is 2.67. The molecule has 3 nitrogen and oxygen atoms in total. The van der Waals surface area contributed by atoms with Gasteiger partial charge in [-0.15, -0.1) is 11.3 Å². The molecule has 2 aromatic rings. The summed E-state index contributed by atoms with van der Waals surface area (Å²) in [6.45, 7) is 3.16. The van der Waals surface area contributed by atoms with Crippen LogP contribution in [0.2, 0.25) is 4.34 Å². The molecule has 0 N–H and O–H groups in total. The van der Waals surface area contributed by atoms with E-state index in [1.54, 1.807) is 11.3 Å². The van der Waals surface area contributed by atoms with Crippen LogP contribution >= 0.6 is 22.9 Å². The van der Waals surface area contributed by atoms with Crippen molar-refractivity contribution in [3.05, 3.63) is 34.9 Å². The first-order chi connectivity index (χ1) is 9.31. The highest BCUT2D eigenvalue weighted by atomic mass is 35.5. The zero-order valence-electron chi connectivity index (χ0n) is 10.4. The van der Waals surface area contributed by atoms with Crippen LogP contribution < -0.4 is 4.90 Å². The summed E-state index contributed by atoms with van der Waals surface area (Å²) in [4.78, 5) is 9.45. The van der Waals surface area contributed by atoms with Crippen molar-refractivity contribution in [2.45, 2.75) is 12.5 Å². The van der Waals surface area contributed by atoms with E-state index >= 15 is 0 Å². The largest absolute Gasteiger partial charge is 0.371 e. The maximum absolute atomic E-state index is 6.14. The first-order valence-corrected chi connectivity index (χ1v) is 7.72. The molecular weight excluding hydrogens is 278 g/mol. The van der Waals surface area contributed by atoms with Crippen LogP contribution in [0, 0.1) is 0 Å². The molecule has 5 heteroatoms. The normalized spacial score (nSPS) is 22.3. The molecule has 0 amide bonds. The number of rotatable bonds is 1. The van der Waals surface area contributed by atoms with Gasteiger partial charge in [-0.05, 0) is 30.1 Å². The van der Waals surface area contributed by atoms with Gasteiger partial charge >= 0.3 is 0 Å². The van der Waals surface area contributed by atoms with Gasteiger partial charge in [-0.1, -0.05) is 17.7 Å². The minimum atomic E-state index is 0.612. The van der Waals surface area contributed by atoms with E-state index in [9.17, 15) is 0 Å². The molecule has 98 valence electrons. The predicted octanol–water partition coefficient (Wildman–Crippen LogP) is 3.36. The van der Waals surface area contributed by atoms with E-state index in [0.717, 1.165) is 36.2 Å². The molecular formula is C14H14ClN3S. The molecule has 1 atom stereocenters. The van der Waals surface area contributed by atoms with E-state index in [1.807, 2.05) is 18.3 Å². The van der Waals surface area contributed by atoms with Gasteiger partial charge in [0.2, 0.25) is 0 Å². The fourth-order valence-electron chi connectivity index (χ4n) is 2.97. The van der Waals surface area contributed by atoms with Crippen molar-refractivity contribution in [1.82, 2.24) is 9.88 Å². The third kappa shape index (κ3) is 1.90. The summed E-state index contributed by atoms with van der Waals surface area (Å²) >= 11 is 7.77. The van der Waals surface area contributed by atoms with Crippen LogP contribution in [0.4, 0.5) is 5.82 Å². The molecule has 0 aliphatic carbocycles. The highest BCUT2D eigenvalue weighted by Crippen LogP contribution is 2.36. The Morgan fingerprint density at radius 2 is 2.32 bits per heavy atom. The van der Waals surface area contributed by atoms with Crippen molar-refractivity contribution >= 4 is 38.8 Å². The molecule has 1 unspecified atom stereocenters. The molecule has 2 aliphatic rings. The van der Waals surface area contributed by atoms with Crippen LogP contribution in [0.5, 0.6) is 0 Å². The van der Waals surface area contributed by atoms with Crippen LogP contribution in [0.25, 0.3) is 10.1 Å². The van der Waals surface area contributed by atoms with Gasteiger partial charge in [0, 0.05) is 31.9 Å². The third-order valence-corrected chi connectivity index (χ3v) is 5.19. The van der Waals surface area contributed by atoms with E-state index in [-0.39, 0.29) is 0 Å². The minimum absolute atomic E-state index is 0.612. The Morgan fingerprint density at radius 1 is 1.37 bits per heavy atom. The molecule has 4 heterocycles. The first-order valence-electron chi connectivity index (χ1n) is 6.53. The number of aromatic nitrogens is 1. The second kappa shape index (κ2) is 4.39. The number of hydrogen-bond acceptors (Lipinski definition) is 4. The average molecular weight is 292 g/mol. The molecule has 1 fully saturated rings.